The first-order valence-corrected chi connectivity index (χ1v) is 7.37. The van der Waals surface area contributed by atoms with Gasteiger partial charge >= 0.3 is 0 Å². The summed E-state index contributed by atoms with van der Waals surface area (Å²) in [5.74, 6) is 0.896. The Balaban J connectivity index is 2.01. The number of fused-ring (bicyclic) bond motifs is 1. The highest BCUT2D eigenvalue weighted by molar-refractivity contribution is 7.13. The molecule has 1 fully saturated rings. The minimum atomic E-state index is 0.515. The van der Waals surface area contributed by atoms with E-state index >= 15 is 0 Å². The third-order valence-electron chi connectivity index (χ3n) is 3.31. The van der Waals surface area contributed by atoms with Crippen molar-refractivity contribution in [3.05, 3.63) is 28.6 Å². The van der Waals surface area contributed by atoms with Gasteiger partial charge in [-0.05, 0) is 31.0 Å². The standard InChI is InChI=1S/C13H11ClN4S/c14-7-1-4-9-11(5-7)18(8-2-3-8)12(16-9)10-6-19-13(15)17-10/h1,4-6,8H,2-3H2,(H2,15,17). The van der Waals surface area contributed by atoms with E-state index in [-0.39, 0.29) is 0 Å². The van der Waals surface area contributed by atoms with Gasteiger partial charge in [0.25, 0.3) is 0 Å². The fourth-order valence-corrected chi connectivity index (χ4v) is 3.05. The molecule has 0 amide bonds. The first-order valence-electron chi connectivity index (χ1n) is 6.11. The zero-order valence-electron chi connectivity index (χ0n) is 10.0. The van der Waals surface area contributed by atoms with Crippen molar-refractivity contribution in [2.75, 3.05) is 5.73 Å². The molecule has 4 rings (SSSR count). The van der Waals surface area contributed by atoms with Crippen LogP contribution in [0.25, 0.3) is 22.6 Å². The summed E-state index contributed by atoms with van der Waals surface area (Å²) < 4.78 is 2.25. The molecule has 0 bridgehead atoms. The van der Waals surface area contributed by atoms with E-state index in [2.05, 4.69) is 9.55 Å². The predicted octanol–water partition coefficient (Wildman–Crippen LogP) is 3.73. The highest BCUT2D eigenvalue weighted by atomic mass is 35.5. The molecule has 0 atom stereocenters. The molecule has 1 aliphatic carbocycles. The number of benzene rings is 1. The molecule has 96 valence electrons. The second-order valence-corrected chi connectivity index (χ2v) is 6.07. The lowest BCUT2D eigenvalue weighted by molar-refractivity contribution is 0.773. The van der Waals surface area contributed by atoms with Crippen LogP contribution in [0.3, 0.4) is 0 Å². The molecule has 0 radical (unpaired) electrons. The molecule has 0 unspecified atom stereocenters. The zero-order valence-corrected chi connectivity index (χ0v) is 11.6. The molecule has 3 aromatic rings. The molecule has 1 aromatic carbocycles. The lowest BCUT2D eigenvalue weighted by Gasteiger charge is -2.05. The van der Waals surface area contributed by atoms with E-state index in [4.69, 9.17) is 22.3 Å². The van der Waals surface area contributed by atoms with Crippen LogP contribution in [-0.4, -0.2) is 14.5 Å². The maximum atomic E-state index is 6.10. The maximum absolute atomic E-state index is 6.10. The van der Waals surface area contributed by atoms with Crippen LogP contribution in [0.5, 0.6) is 0 Å². The fraction of sp³-hybridized carbons (Fsp3) is 0.231. The van der Waals surface area contributed by atoms with E-state index in [9.17, 15) is 0 Å². The third-order valence-corrected chi connectivity index (χ3v) is 4.22. The Hall–Kier alpha value is -1.59. The van der Waals surface area contributed by atoms with Crippen LogP contribution >= 0.6 is 22.9 Å². The van der Waals surface area contributed by atoms with Gasteiger partial charge in [-0.3, -0.25) is 0 Å². The lowest BCUT2D eigenvalue weighted by Crippen LogP contribution is -1.97. The predicted molar refractivity (Wildman–Crippen MR) is 78.5 cm³/mol. The number of rotatable bonds is 2. The van der Waals surface area contributed by atoms with Crippen molar-refractivity contribution < 1.29 is 0 Å². The van der Waals surface area contributed by atoms with Gasteiger partial charge in [-0.2, -0.15) is 0 Å². The van der Waals surface area contributed by atoms with Gasteiger partial charge in [0.2, 0.25) is 0 Å². The molecule has 2 heterocycles. The molecule has 4 nitrogen and oxygen atoms in total. The lowest BCUT2D eigenvalue weighted by atomic mass is 10.3. The topological polar surface area (TPSA) is 56.7 Å². The van der Waals surface area contributed by atoms with Crippen molar-refractivity contribution in [3.8, 4) is 11.5 Å². The number of imidazole rings is 1. The number of nitrogens with zero attached hydrogens (tertiary/aromatic N) is 3. The van der Waals surface area contributed by atoms with Gasteiger partial charge in [-0.15, -0.1) is 11.3 Å². The summed E-state index contributed by atoms with van der Waals surface area (Å²) in [6, 6.07) is 6.31. The van der Waals surface area contributed by atoms with Crippen molar-refractivity contribution in [1.29, 1.82) is 0 Å². The van der Waals surface area contributed by atoms with Crippen LogP contribution in [0, 0.1) is 0 Å². The van der Waals surface area contributed by atoms with Gasteiger partial charge in [0.1, 0.15) is 5.69 Å². The summed E-state index contributed by atoms with van der Waals surface area (Å²) in [6.07, 6.45) is 2.37. The normalized spacial score (nSPS) is 15.2. The Morgan fingerprint density at radius 1 is 1.32 bits per heavy atom. The SMILES string of the molecule is Nc1nc(-c2nc3ccc(Cl)cc3n2C2CC2)cs1. The van der Waals surface area contributed by atoms with Crippen molar-refractivity contribution in [2.24, 2.45) is 0 Å². The number of aromatic nitrogens is 3. The van der Waals surface area contributed by atoms with E-state index < -0.39 is 0 Å². The Kier molecular flexibility index (Phi) is 2.34. The maximum Gasteiger partial charge on any atom is 0.180 e. The highest BCUT2D eigenvalue weighted by Gasteiger charge is 2.29. The van der Waals surface area contributed by atoms with Crippen molar-refractivity contribution in [1.82, 2.24) is 14.5 Å². The highest BCUT2D eigenvalue weighted by Crippen LogP contribution is 2.41. The number of hydrogen-bond donors (Lipinski definition) is 1. The number of nitrogens with two attached hydrogens (primary N) is 1. The first-order chi connectivity index (χ1) is 9.22. The molecule has 0 saturated heterocycles. The van der Waals surface area contributed by atoms with Crippen molar-refractivity contribution >= 4 is 39.1 Å². The summed E-state index contributed by atoms with van der Waals surface area (Å²) >= 11 is 7.54. The molecule has 19 heavy (non-hydrogen) atoms. The van der Waals surface area contributed by atoms with Gasteiger partial charge < -0.3 is 10.3 Å². The van der Waals surface area contributed by atoms with Gasteiger partial charge in [0.15, 0.2) is 11.0 Å². The quantitative estimate of drug-likeness (QED) is 0.782. The minimum Gasteiger partial charge on any atom is -0.375 e. The minimum absolute atomic E-state index is 0.515. The summed E-state index contributed by atoms with van der Waals surface area (Å²) in [5.41, 5.74) is 8.61. The van der Waals surface area contributed by atoms with Gasteiger partial charge in [-0.1, -0.05) is 11.6 Å². The summed E-state index contributed by atoms with van der Waals surface area (Å²) in [7, 11) is 0. The zero-order chi connectivity index (χ0) is 13.0. The van der Waals surface area contributed by atoms with Crippen LogP contribution < -0.4 is 5.73 Å². The van der Waals surface area contributed by atoms with Crippen molar-refractivity contribution in [3.63, 3.8) is 0 Å². The van der Waals surface area contributed by atoms with Crippen LogP contribution in [0.15, 0.2) is 23.6 Å². The number of nitrogen functional groups attached to an aromatic ring is 1. The van der Waals surface area contributed by atoms with Gasteiger partial charge in [0.05, 0.1) is 11.0 Å². The van der Waals surface area contributed by atoms with E-state index in [1.54, 1.807) is 0 Å². The molecule has 2 aromatic heterocycles. The second-order valence-electron chi connectivity index (χ2n) is 4.74. The molecule has 6 heteroatoms. The molecular formula is C13H11ClN4S. The third kappa shape index (κ3) is 1.81. The molecule has 1 aliphatic rings. The van der Waals surface area contributed by atoms with Crippen LogP contribution in [0.1, 0.15) is 18.9 Å². The molecule has 1 saturated carbocycles. The molecular weight excluding hydrogens is 280 g/mol. The van der Waals surface area contributed by atoms with Crippen LogP contribution in [-0.2, 0) is 0 Å². The summed E-state index contributed by atoms with van der Waals surface area (Å²) in [4.78, 5) is 9.04. The van der Waals surface area contributed by atoms with Crippen molar-refractivity contribution in [2.45, 2.75) is 18.9 Å². The average Bonchev–Trinajstić information content (AvgIpc) is 3.02. The Morgan fingerprint density at radius 2 is 2.16 bits per heavy atom. The van der Waals surface area contributed by atoms with Crippen LogP contribution in [0.2, 0.25) is 5.02 Å². The number of anilines is 1. The molecule has 2 N–H and O–H groups in total. The van der Waals surface area contributed by atoms with E-state index in [1.807, 2.05) is 23.6 Å². The van der Waals surface area contributed by atoms with E-state index in [0.717, 1.165) is 27.6 Å². The Morgan fingerprint density at radius 3 is 2.84 bits per heavy atom. The Bertz CT molecular complexity index is 772. The Labute approximate surface area is 118 Å². The van der Waals surface area contributed by atoms with Gasteiger partial charge in [-0.25, -0.2) is 9.97 Å². The number of thiazole rings is 1. The van der Waals surface area contributed by atoms with E-state index in [1.165, 1.54) is 24.2 Å². The second kappa shape index (κ2) is 3.95. The average molecular weight is 291 g/mol. The first kappa shape index (κ1) is 11.3. The summed E-state index contributed by atoms with van der Waals surface area (Å²) in [6.45, 7) is 0. The van der Waals surface area contributed by atoms with E-state index in [0.29, 0.717) is 11.2 Å². The monoisotopic (exact) mass is 290 g/mol. The molecule has 0 spiro atoms. The fourth-order valence-electron chi connectivity index (χ4n) is 2.34. The number of halogens is 1. The van der Waals surface area contributed by atoms with Gasteiger partial charge in [0, 0.05) is 16.4 Å². The molecule has 0 aliphatic heterocycles. The number of hydrogen-bond acceptors (Lipinski definition) is 4. The summed E-state index contributed by atoms with van der Waals surface area (Å²) in [5, 5.41) is 3.26. The largest absolute Gasteiger partial charge is 0.375 e. The smallest absolute Gasteiger partial charge is 0.180 e. The van der Waals surface area contributed by atoms with Crippen LogP contribution in [0.4, 0.5) is 5.13 Å².